The Labute approximate surface area is 95.1 Å². The Bertz CT molecular complexity index is 608. The van der Waals surface area contributed by atoms with Gasteiger partial charge >= 0.3 is 0 Å². The van der Waals surface area contributed by atoms with Gasteiger partial charge in [-0.3, -0.25) is 9.38 Å². The highest BCUT2D eigenvalue weighted by atomic mass is 35.7. The Hall–Kier alpha value is -0.850. The standard InChI is InChI=1S/C7H5Cl2N3O2S/c8-7-11-5(4-15(9,13)14)6-3-10-1-2-12(6)7/h1-3H,4H2. The second-order valence-corrected chi connectivity index (χ2v) is 5.96. The number of hydrogen-bond acceptors (Lipinski definition) is 4. The van der Waals surface area contributed by atoms with Gasteiger partial charge in [-0.15, -0.1) is 0 Å². The van der Waals surface area contributed by atoms with E-state index in [1.807, 2.05) is 0 Å². The lowest BCUT2D eigenvalue weighted by Crippen LogP contribution is -1.96. The molecule has 2 rings (SSSR count). The van der Waals surface area contributed by atoms with Crippen molar-refractivity contribution < 1.29 is 8.42 Å². The first-order chi connectivity index (χ1) is 6.97. The Morgan fingerprint density at radius 2 is 2.20 bits per heavy atom. The monoisotopic (exact) mass is 265 g/mol. The molecule has 0 amide bonds. The van der Waals surface area contributed by atoms with E-state index in [9.17, 15) is 8.42 Å². The van der Waals surface area contributed by atoms with Crippen LogP contribution in [0.3, 0.4) is 0 Å². The van der Waals surface area contributed by atoms with Gasteiger partial charge in [0.2, 0.25) is 14.3 Å². The third-order valence-corrected chi connectivity index (χ3v) is 3.00. The molecule has 0 radical (unpaired) electrons. The van der Waals surface area contributed by atoms with Crippen LogP contribution in [0.2, 0.25) is 5.28 Å². The maximum absolute atomic E-state index is 10.9. The summed E-state index contributed by atoms with van der Waals surface area (Å²) in [7, 11) is 1.49. The second-order valence-electron chi connectivity index (χ2n) is 2.84. The molecule has 8 heteroatoms. The molecule has 0 saturated heterocycles. The van der Waals surface area contributed by atoms with Crippen LogP contribution in [0.1, 0.15) is 5.69 Å². The molecule has 15 heavy (non-hydrogen) atoms. The van der Waals surface area contributed by atoms with E-state index in [1.165, 1.54) is 16.8 Å². The molecule has 0 N–H and O–H groups in total. The summed E-state index contributed by atoms with van der Waals surface area (Å²) in [5.41, 5.74) is 0.829. The molecule has 0 aromatic carbocycles. The molecule has 0 aliphatic carbocycles. The van der Waals surface area contributed by atoms with E-state index in [0.29, 0.717) is 11.2 Å². The Balaban J connectivity index is 2.62. The van der Waals surface area contributed by atoms with E-state index in [2.05, 4.69) is 9.97 Å². The number of rotatable bonds is 2. The molecule has 2 heterocycles. The van der Waals surface area contributed by atoms with Gasteiger partial charge in [-0.25, -0.2) is 13.4 Å². The summed E-state index contributed by atoms with van der Waals surface area (Å²) >= 11 is 5.79. The lowest BCUT2D eigenvalue weighted by Gasteiger charge is -1.94. The van der Waals surface area contributed by atoms with Gasteiger partial charge in [-0.1, -0.05) is 0 Å². The van der Waals surface area contributed by atoms with E-state index in [1.54, 1.807) is 6.20 Å². The SMILES string of the molecule is O=S(=O)(Cl)Cc1nc(Cl)n2ccncc12. The normalized spacial score (nSPS) is 12.1. The van der Waals surface area contributed by atoms with E-state index < -0.39 is 9.05 Å². The van der Waals surface area contributed by atoms with Crippen LogP contribution in [0.4, 0.5) is 0 Å². The highest BCUT2D eigenvalue weighted by Crippen LogP contribution is 2.19. The van der Waals surface area contributed by atoms with Crippen molar-refractivity contribution in [3.8, 4) is 0 Å². The van der Waals surface area contributed by atoms with Crippen molar-refractivity contribution in [2.45, 2.75) is 5.75 Å². The van der Waals surface area contributed by atoms with Crippen molar-refractivity contribution in [2.24, 2.45) is 0 Å². The smallest absolute Gasteiger partial charge is 0.238 e. The minimum atomic E-state index is -3.65. The van der Waals surface area contributed by atoms with Crippen LogP contribution in [0.5, 0.6) is 0 Å². The van der Waals surface area contributed by atoms with Crippen LogP contribution < -0.4 is 0 Å². The minimum Gasteiger partial charge on any atom is -0.287 e. The van der Waals surface area contributed by atoms with Gasteiger partial charge in [0.25, 0.3) is 0 Å². The first-order valence-corrected chi connectivity index (χ1v) is 6.72. The number of aromatic nitrogens is 3. The first-order valence-electron chi connectivity index (χ1n) is 3.86. The Morgan fingerprint density at radius 1 is 1.47 bits per heavy atom. The molecule has 0 saturated carbocycles. The van der Waals surface area contributed by atoms with E-state index in [-0.39, 0.29) is 11.0 Å². The molecule has 80 valence electrons. The summed E-state index contributed by atoms with van der Waals surface area (Å²) in [4.78, 5) is 7.76. The largest absolute Gasteiger partial charge is 0.287 e. The van der Waals surface area contributed by atoms with E-state index in [0.717, 1.165) is 0 Å². The van der Waals surface area contributed by atoms with Gasteiger partial charge in [0.1, 0.15) is 5.75 Å². The molecule has 2 aromatic heterocycles. The van der Waals surface area contributed by atoms with E-state index >= 15 is 0 Å². The third kappa shape index (κ3) is 2.22. The lowest BCUT2D eigenvalue weighted by atomic mass is 10.4. The van der Waals surface area contributed by atoms with Gasteiger partial charge in [0, 0.05) is 23.1 Å². The summed E-state index contributed by atoms with van der Waals surface area (Å²) in [5, 5.41) is 0.183. The molecular weight excluding hydrogens is 261 g/mol. The number of hydrogen-bond donors (Lipinski definition) is 0. The van der Waals surface area contributed by atoms with Crippen molar-refractivity contribution in [3.63, 3.8) is 0 Å². The Morgan fingerprint density at radius 3 is 2.87 bits per heavy atom. The molecular formula is C7H5Cl2N3O2S. The third-order valence-electron chi connectivity index (χ3n) is 1.79. The van der Waals surface area contributed by atoms with Gasteiger partial charge in [0.15, 0.2) is 0 Å². The highest BCUT2D eigenvalue weighted by molar-refractivity contribution is 8.13. The maximum Gasteiger partial charge on any atom is 0.238 e. The zero-order valence-corrected chi connectivity index (χ0v) is 9.59. The number of fused-ring (bicyclic) bond motifs is 1. The molecule has 2 aromatic rings. The molecule has 0 bridgehead atoms. The molecule has 5 nitrogen and oxygen atoms in total. The molecule has 0 atom stereocenters. The van der Waals surface area contributed by atoms with Crippen LogP contribution in [-0.2, 0) is 14.8 Å². The van der Waals surface area contributed by atoms with Crippen molar-refractivity contribution >= 4 is 36.9 Å². The fraction of sp³-hybridized carbons (Fsp3) is 0.143. The fourth-order valence-electron chi connectivity index (χ4n) is 1.23. The van der Waals surface area contributed by atoms with Crippen molar-refractivity contribution in [1.82, 2.24) is 14.4 Å². The topological polar surface area (TPSA) is 64.3 Å². The van der Waals surface area contributed by atoms with Crippen molar-refractivity contribution in [3.05, 3.63) is 29.6 Å². The number of nitrogens with zero attached hydrogens (tertiary/aromatic N) is 3. The summed E-state index contributed by atoms with van der Waals surface area (Å²) in [6, 6.07) is 0. The summed E-state index contributed by atoms with van der Waals surface area (Å²) in [6.07, 6.45) is 4.60. The summed E-state index contributed by atoms with van der Waals surface area (Å²) in [6.45, 7) is 0. The van der Waals surface area contributed by atoms with Crippen molar-refractivity contribution in [1.29, 1.82) is 0 Å². The zero-order chi connectivity index (χ0) is 11.1. The van der Waals surface area contributed by atoms with Crippen LogP contribution in [0.15, 0.2) is 18.6 Å². The maximum atomic E-state index is 10.9. The Kier molecular flexibility index (Phi) is 2.57. The summed E-state index contributed by atoms with van der Waals surface area (Å²) in [5.74, 6) is -0.365. The predicted octanol–water partition coefficient (Wildman–Crippen LogP) is 1.45. The highest BCUT2D eigenvalue weighted by Gasteiger charge is 2.15. The zero-order valence-electron chi connectivity index (χ0n) is 7.26. The van der Waals surface area contributed by atoms with Crippen molar-refractivity contribution in [2.75, 3.05) is 0 Å². The van der Waals surface area contributed by atoms with Gasteiger partial charge in [-0.2, -0.15) is 0 Å². The quantitative estimate of drug-likeness (QED) is 0.772. The molecule has 0 aliphatic rings. The van der Waals surface area contributed by atoms with Gasteiger partial charge in [-0.05, 0) is 11.6 Å². The molecule has 0 unspecified atom stereocenters. The average molecular weight is 266 g/mol. The van der Waals surface area contributed by atoms with Crippen LogP contribution in [-0.4, -0.2) is 22.8 Å². The average Bonchev–Trinajstić information content (AvgIpc) is 2.42. The number of halogens is 2. The lowest BCUT2D eigenvalue weighted by molar-refractivity contribution is 0.608. The second kappa shape index (κ2) is 3.62. The molecule has 0 spiro atoms. The van der Waals surface area contributed by atoms with Gasteiger partial charge in [0.05, 0.1) is 17.4 Å². The van der Waals surface area contributed by atoms with Gasteiger partial charge < -0.3 is 0 Å². The van der Waals surface area contributed by atoms with Crippen LogP contribution in [0, 0.1) is 0 Å². The minimum absolute atomic E-state index is 0.183. The summed E-state index contributed by atoms with van der Waals surface area (Å²) < 4.78 is 23.3. The first kappa shape index (κ1) is 10.7. The predicted molar refractivity (Wildman–Crippen MR) is 56.5 cm³/mol. The van der Waals surface area contributed by atoms with Crippen LogP contribution in [0.25, 0.3) is 5.52 Å². The number of imidazole rings is 1. The fourth-order valence-corrected chi connectivity index (χ4v) is 2.33. The van der Waals surface area contributed by atoms with Crippen LogP contribution >= 0.6 is 22.3 Å². The van der Waals surface area contributed by atoms with E-state index in [4.69, 9.17) is 22.3 Å². The molecule has 0 aliphatic heterocycles. The molecule has 0 fully saturated rings.